The Kier molecular flexibility index (Phi) is 8.61. The molecule has 0 radical (unpaired) electrons. The Morgan fingerprint density at radius 2 is 1.67 bits per heavy atom. The van der Waals surface area contributed by atoms with Gasteiger partial charge in [-0.1, -0.05) is 19.1 Å². The molecule has 2 aromatic carbocycles. The number of ether oxygens (including phenoxy) is 3. The number of ketones is 1. The summed E-state index contributed by atoms with van der Waals surface area (Å²) in [5, 5.41) is 11.2. The normalized spacial score (nSPS) is 20.1. The molecule has 2 aliphatic rings. The molecule has 2 heterocycles. The topological polar surface area (TPSA) is 88.5 Å². The van der Waals surface area contributed by atoms with Crippen molar-refractivity contribution in [2.45, 2.75) is 25.8 Å². The van der Waals surface area contributed by atoms with E-state index >= 15 is 0 Å². The number of carbonyl (C=O) groups is 2. The molecule has 4 rings (SSSR count). The fraction of sp³-hybridized carbons (Fsp3) is 0.429. The van der Waals surface area contributed by atoms with Gasteiger partial charge in [0.1, 0.15) is 17.3 Å². The second-order valence-corrected chi connectivity index (χ2v) is 8.95. The highest BCUT2D eigenvalue weighted by molar-refractivity contribution is 6.46. The molecule has 0 spiro atoms. The molecule has 192 valence electrons. The van der Waals surface area contributed by atoms with Gasteiger partial charge >= 0.3 is 0 Å². The zero-order chi connectivity index (χ0) is 25.5. The largest absolute Gasteiger partial charge is 0.507 e. The number of Topliss-reactive ketones (excluding diaryl/α,β-unsaturated/α-hetero) is 1. The van der Waals surface area contributed by atoms with Crippen LogP contribution >= 0.6 is 0 Å². The number of hydrogen-bond acceptors (Lipinski definition) is 7. The number of rotatable bonds is 10. The molecule has 1 atom stereocenters. The van der Waals surface area contributed by atoms with Gasteiger partial charge in [0.25, 0.3) is 11.7 Å². The highest BCUT2D eigenvalue weighted by Gasteiger charge is 2.45. The van der Waals surface area contributed by atoms with Gasteiger partial charge in [-0.15, -0.1) is 0 Å². The molecule has 0 bridgehead atoms. The summed E-state index contributed by atoms with van der Waals surface area (Å²) in [7, 11) is 1.56. The van der Waals surface area contributed by atoms with Gasteiger partial charge in [0.05, 0.1) is 38.5 Å². The molecule has 8 heteroatoms. The van der Waals surface area contributed by atoms with Crippen molar-refractivity contribution in [2.75, 3.05) is 53.1 Å². The van der Waals surface area contributed by atoms with Crippen LogP contribution < -0.4 is 9.47 Å². The van der Waals surface area contributed by atoms with Crippen molar-refractivity contribution in [3.63, 3.8) is 0 Å². The molecular weight excluding hydrogens is 460 g/mol. The minimum Gasteiger partial charge on any atom is -0.507 e. The molecule has 0 aliphatic carbocycles. The van der Waals surface area contributed by atoms with Crippen LogP contribution in [0.3, 0.4) is 0 Å². The van der Waals surface area contributed by atoms with Gasteiger partial charge in [0.2, 0.25) is 0 Å². The predicted octanol–water partition coefficient (Wildman–Crippen LogP) is 3.63. The minimum absolute atomic E-state index is 0.0961. The first kappa shape index (κ1) is 25.7. The van der Waals surface area contributed by atoms with E-state index in [0.717, 1.165) is 37.4 Å². The highest BCUT2D eigenvalue weighted by Crippen LogP contribution is 2.40. The maximum atomic E-state index is 13.2. The van der Waals surface area contributed by atoms with E-state index in [1.165, 1.54) is 0 Å². The smallest absolute Gasteiger partial charge is 0.295 e. The summed E-state index contributed by atoms with van der Waals surface area (Å²) >= 11 is 0. The van der Waals surface area contributed by atoms with Crippen LogP contribution in [0.1, 0.15) is 36.9 Å². The van der Waals surface area contributed by atoms with E-state index in [1.54, 1.807) is 36.3 Å². The van der Waals surface area contributed by atoms with E-state index in [0.29, 0.717) is 44.1 Å². The van der Waals surface area contributed by atoms with Gasteiger partial charge in [-0.05, 0) is 54.8 Å². The summed E-state index contributed by atoms with van der Waals surface area (Å²) in [6.45, 7) is 6.99. The molecule has 2 aromatic rings. The second-order valence-electron chi connectivity index (χ2n) is 8.95. The maximum Gasteiger partial charge on any atom is 0.295 e. The monoisotopic (exact) mass is 494 g/mol. The Balaban J connectivity index is 1.65. The molecule has 1 unspecified atom stereocenters. The van der Waals surface area contributed by atoms with Crippen LogP contribution in [-0.2, 0) is 14.3 Å². The number of carbonyl (C=O) groups excluding carboxylic acids is 2. The first-order valence-electron chi connectivity index (χ1n) is 12.5. The van der Waals surface area contributed by atoms with Gasteiger partial charge < -0.3 is 24.2 Å². The Labute approximate surface area is 212 Å². The molecule has 0 saturated carbocycles. The number of methoxy groups -OCH3 is 1. The number of likely N-dealkylation sites (tertiary alicyclic amines) is 1. The number of morpholine rings is 1. The first-order valence-corrected chi connectivity index (χ1v) is 12.5. The lowest BCUT2D eigenvalue weighted by molar-refractivity contribution is -0.140. The molecule has 1 amide bonds. The number of aliphatic hydroxyl groups excluding tert-OH is 1. The van der Waals surface area contributed by atoms with Crippen LogP contribution in [0.15, 0.2) is 54.1 Å². The Bertz CT molecular complexity index is 1070. The van der Waals surface area contributed by atoms with Crippen LogP contribution in [0.25, 0.3) is 5.76 Å². The van der Waals surface area contributed by atoms with Crippen LogP contribution in [0, 0.1) is 0 Å². The van der Waals surface area contributed by atoms with Gasteiger partial charge in [-0.2, -0.15) is 0 Å². The number of benzene rings is 2. The maximum absolute atomic E-state index is 13.2. The van der Waals surface area contributed by atoms with Crippen molar-refractivity contribution in [1.29, 1.82) is 0 Å². The number of nitrogens with zero attached hydrogens (tertiary/aromatic N) is 2. The van der Waals surface area contributed by atoms with Gasteiger partial charge in [-0.25, -0.2) is 0 Å². The molecular formula is C28H34N2O6. The molecule has 2 fully saturated rings. The van der Waals surface area contributed by atoms with Crippen molar-refractivity contribution in [1.82, 2.24) is 9.80 Å². The number of aliphatic hydroxyl groups is 1. The Hall–Kier alpha value is -3.36. The van der Waals surface area contributed by atoms with E-state index in [2.05, 4.69) is 4.90 Å². The molecule has 36 heavy (non-hydrogen) atoms. The number of amides is 1. The third-order valence-electron chi connectivity index (χ3n) is 6.55. The van der Waals surface area contributed by atoms with E-state index in [4.69, 9.17) is 14.2 Å². The van der Waals surface area contributed by atoms with E-state index in [1.807, 2.05) is 31.2 Å². The SMILES string of the molecule is CCCOc1ccc(C2C(=C(O)c3ccc(OC)cc3)C(=O)C(=O)N2CCCN2CCOCC2)cc1. The third kappa shape index (κ3) is 5.71. The van der Waals surface area contributed by atoms with E-state index in [-0.39, 0.29) is 11.3 Å². The standard InChI is InChI=1S/C28H34N2O6/c1-3-17-36-23-11-5-20(6-12-23)25-24(26(31)21-7-9-22(34-2)10-8-21)27(32)28(33)30(25)14-4-13-29-15-18-35-19-16-29/h5-12,25,31H,3-4,13-19H2,1-2H3. The summed E-state index contributed by atoms with van der Waals surface area (Å²) in [5.74, 6) is -0.105. The van der Waals surface area contributed by atoms with Crippen molar-refractivity contribution in [3.05, 3.63) is 65.2 Å². The van der Waals surface area contributed by atoms with E-state index < -0.39 is 17.7 Å². The lowest BCUT2D eigenvalue weighted by atomic mass is 9.95. The summed E-state index contributed by atoms with van der Waals surface area (Å²) in [6.07, 6.45) is 1.61. The summed E-state index contributed by atoms with van der Waals surface area (Å²) in [4.78, 5) is 30.3. The van der Waals surface area contributed by atoms with Crippen molar-refractivity contribution < 1.29 is 28.9 Å². The quantitative estimate of drug-likeness (QED) is 0.307. The average molecular weight is 495 g/mol. The average Bonchev–Trinajstić information content (AvgIpc) is 3.17. The van der Waals surface area contributed by atoms with Crippen LogP contribution in [0.4, 0.5) is 0 Å². The molecule has 0 aromatic heterocycles. The Morgan fingerprint density at radius 3 is 2.31 bits per heavy atom. The van der Waals surface area contributed by atoms with Gasteiger partial charge in [0.15, 0.2) is 0 Å². The number of hydrogen-bond donors (Lipinski definition) is 1. The second kappa shape index (κ2) is 12.1. The highest BCUT2D eigenvalue weighted by atomic mass is 16.5. The Morgan fingerprint density at radius 1 is 1.00 bits per heavy atom. The van der Waals surface area contributed by atoms with Crippen LogP contribution in [0.2, 0.25) is 0 Å². The fourth-order valence-corrected chi connectivity index (χ4v) is 4.62. The minimum atomic E-state index is -0.683. The molecule has 8 nitrogen and oxygen atoms in total. The summed E-state index contributed by atoms with van der Waals surface area (Å²) < 4.78 is 16.3. The molecule has 2 saturated heterocycles. The van der Waals surface area contributed by atoms with Crippen LogP contribution in [-0.4, -0.2) is 79.7 Å². The lowest BCUT2D eigenvalue weighted by Crippen LogP contribution is -2.38. The van der Waals surface area contributed by atoms with Crippen molar-refractivity contribution in [2.24, 2.45) is 0 Å². The van der Waals surface area contributed by atoms with Gasteiger partial charge in [0, 0.05) is 31.7 Å². The van der Waals surface area contributed by atoms with Crippen molar-refractivity contribution >= 4 is 17.4 Å². The fourth-order valence-electron chi connectivity index (χ4n) is 4.62. The third-order valence-corrected chi connectivity index (χ3v) is 6.55. The molecule has 2 aliphatic heterocycles. The van der Waals surface area contributed by atoms with Crippen LogP contribution in [0.5, 0.6) is 11.5 Å². The summed E-state index contributed by atoms with van der Waals surface area (Å²) in [5.41, 5.74) is 1.30. The van der Waals surface area contributed by atoms with Crippen molar-refractivity contribution in [3.8, 4) is 11.5 Å². The summed E-state index contributed by atoms with van der Waals surface area (Å²) in [6, 6.07) is 13.5. The first-order chi connectivity index (χ1) is 17.5. The predicted molar refractivity (Wildman–Crippen MR) is 136 cm³/mol. The van der Waals surface area contributed by atoms with E-state index in [9.17, 15) is 14.7 Å². The zero-order valence-electron chi connectivity index (χ0n) is 20.9. The zero-order valence-corrected chi connectivity index (χ0v) is 20.9. The lowest BCUT2D eigenvalue weighted by Gasteiger charge is -2.29. The van der Waals surface area contributed by atoms with Gasteiger partial charge in [-0.3, -0.25) is 14.5 Å². The molecule has 1 N–H and O–H groups in total.